The van der Waals surface area contributed by atoms with Gasteiger partial charge in [0.15, 0.2) is 0 Å². The number of halogens is 1. The number of thioether (sulfide) groups is 1. The number of non-ortho nitro benzene ring substituents is 1. The zero-order valence-electron chi connectivity index (χ0n) is 15.8. The number of ether oxygens (including phenoxy) is 1. The topological polar surface area (TPSA) is 119 Å². The van der Waals surface area contributed by atoms with Gasteiger partial charge in [-0.05, 0) is 30.5 Å². The zero-order valence-corrected chi connectivity index (χ0v) is 18.2. The van der Waals surface area contributed by atoms with Crippen LogP contribution in [0.1, 0.15) is 10.4 Å². The first-order valence-corrected chi connectivity index (χ1v) is 11.8. The quantitative estimate of drug-likeness (QED) is 0.390. The van der Waals surface area contributed by atoms with E-state index in [4.69, 9.17) is 16.3 Å². The van der Waals surface area contributed by atoms with E-state index >= 15 is 0 Å². The molecule has 1 heterocycles. The van der Waals surface area contributed by atoms with E-state index in [0.29, 0.717) is 31.2 Å². The van der Waals surface area contributed by atoms with Gasteiger partial charge in [0.25, 0.3) is 21.6 Å². The second kappa shape index (κ2) is 9.21. The summed E-state index contributed by atoms with van der Waals surface area (Å²) in [4.78, 5) is 25.4. The van der Waals surface area contributed by atoms with Crippen LogP contribution in [0.2, 0.25) is 5.02 Å². The number of nitrogens with one attached hydrogen (secondary N) is 1. The minimum atomic E-state index is -4.15. The van der Waals surface area contributed by atoms with E-state index in [9.17, 15) is 23.3 Å². The third-order valence-corrected chi connectivity index (χ3v) is 6.90. The first kappa shape index (κ1) is 22.3. The molecule has 0 bridgehead atoms. The number of sulfonamides is 1. The van der Waals surface area contributed by atoms with Crippen LogP contribution < -0.4 is 4.72 Å². The van der Waals surface area contributed by atoms with Gasteiger partial charge >= 0.3 is 0 Å². The summed E-state index contributed by atoms with van der Waals surface area (Å²) in [5.41, 5.74) is -0.170. The first-order valence-electron chi connectivity index (χ1n) is 8.75. The van der Waals surface area contributed by atoms with Crippen molar-refractivity contribution >= 4 is 50.7 Å². The predicted molar refractivity (Wildman–Crippen MR) is 114 cm³/mol. The minimum absolute atomic E-state index is 0.00882. The van der Waals surface area contributed by atoms with Gasteiger partial charge in [0.2, 0.25) is 0 Å². The number of nitro benzene ring substituents is 1. The number of rotatable bonds is 6. The van der Waals surface area contributed by atoms with Gasteiger partial charge in [-0.1, -0.05) is 11.6 Å². The van der Waals surface area contributed by atoms with Gasteiger partial charge in [-0.25, -0.2) is 8.42 Å². The number of benzene rings is 2. The number of carbonyl (C=O) groups is 1. The van der Waals surface area contributed by atoms with Crippen molar-refractivity contribution in [2.45, 2.75) is 9.79 Å². The minimum Gasteiger partial charge on any atom is -0.378 e. The molecule has 1 saturated heterocycles. The fourth-order valence-electron chi connectivity index (χ4n) is 2.87. The fourth-order valence-corrected chi connectivity index (χ4v) is 4.75. The Morgan fingerprint density at radius 1 is 1.23 bits per heavy atom. The third-order valence-electron chi connectivity index (χ3n) is 4.42. The summed E-state index contributed by atoms with van der Waals surface area (Å²) in [6, 6.07) is 7.68. The third kappa shape index (κ3) is 4.86. The molecule has 30 heavy (non-hydrogen) atoms. The van der Waals surface area contributed by atoms with E-state index in [1.807, 2.05) is 0 Å². The number of nitrogens with zero attached hydrogens (tertiary/aromatic N) is 2. The maximum absolute atomic E-state index is 12.9. The van der Waals surface area contributed by atoms with Crippen molar-refractivity contribution in [2.24, 2.45) is 0 Å². The summed E-state index contributed by atoms with van der Waals surface area (Å²) in [5, 5.41) is 11.0. The Labute approximate surface area is 182 Å². The molecule has 3 rings (SSSR count). The van der Waals surface area contributed by atoms with Crippen molar-refractivity contribution in [1.82, 2.24) is 4.90 Å². The molecular weight excluding hydrogens is 454 g/mol. The molecule has 1 fully saturated rings. The maximum Gasteiger partial charge on any atom is 0.271 e. The molecule has 1 N–H and O–H groups in total. The highest BCUT2D eigenvalue weighted by atomic mass is 35.5. The molecule has 12 heteroatoms. The molecule has 0 spiro atoms. The molecule has 0 aliphatic carbocycles. The molecule has 1 aliphatic rings. The average Bonchev–Trinajstić information content (AvgIpc) is 2.74. The van der Waals surface area contributed by atoms with Gasteiger partial charge in [-0.15, -0.1) is 11.8 Å². The van der Waals surface area contributed by atoms with E-state index in [-0.39, 0.29) is 32.8 Å². The smallest absolute Gasteiger partial charge is 0.271 e. The second-order valence-electron chi connectivity index (χ2n) is 6.29. The molecule has 9 nitrogen and oxygen atoms in total. The normalized spacial score (nSPS) is 14.4. The van der Waals surface area contributed by atoms with Crippen LogP contribution in [0, 0.1) is 10.1 Å². The van der Waals surface area contributed by atoms with Crippen LogP contribution in [-0.4, -0.2) is 56.7 Å². The van der Waals surface area contributed by atoms with Gasteiger partial charge in [0.05, 0.1) is 39.3 Å². The number of morpholine rings is 1. The molecule has 1 amide bonds. The van der Waals surface area contributed by atoms with Crippen molar-refractivity contribution in [3.8, 4) is 0 Å². The number of amides is 1. The van der Waals surface area contributed by atoms with Crippen LogP contribution in [0.25, 0.3) is 0 Å². The summed E-state index contributed by atoms with van der Waals surface area (Å²) in [6.07, 6.45) is 1.79. The van der Waals surface area contributed by atoms with Crippen molar-refractivity contribution in [1.29, 1.82) is 0 Å². The average molecular weight is 472 g/mol. The van der Waals surface area contributed by atoms with Crippen LogP contribution in [-0.2, 0) is 14.8 Å². The standard InChI is InChI=1S/C18H18ClN3O6S2/c1-29-17-5-3-13(11-14(17)18(23)21-6-8-28-9-7-21)30(26,27)20-16-10-12(22(24)25)2-4-15(16)19/h2-5,10-11,20H,6-9H2,1H3. The van der Waals surface area contributed by atoms with Crippen molar-refractivity contribution < 1.29 is 22.9 Å². The Kier molecular flexibility index (Phi) is 6.86. The monoisotopic (exact) mass is 471 g/mol. The molecule has 2 aromatic rings. The van der Waals surface area contributed by atoms with Gasteiger partial charge in [-0.3, -0.25) is 19.6 Å². The number of hydrogen-bond donors (Lipinski definition) is 1. The predicted octanol–water partition coefficient (Wildman–Crippen LogP) is 3.24. The molecule has 160 valence electrons. The molecule has 0 saturated carbocycles. The first-order chi connectivity index (χ1) is 14.2. The second-order valence-corrected chi connectivity index (χ2v) is 9.23. The van der Waals surface area contributed by atoms with Crippen LogP contribution in [0.4, 0.5) is 11.4 Å². The van der Waals surface area contributed by atoms with Crippen LogP contribution >= 0.6 is 23.4 Å². The Bertz CT molecular complexity index is 1090. The van der Waals surface area contributed by atoms with Gasteiger partial charge in [0, 0.05) is 30.1 Å². The summed E-state index contributed by atoms with van der Waals surface area (Å²) in [7, 11) is -4.15. The maximum atomic E-state index is 12.9. The zero-order chi connectivity index (χ0) is 21.9. The summed E-state index contributed by atoms with van der Waals surface area (Å²) < 4.78 is 33.3. The lowest BCUT2D eigenvalue weighted by Crippen LogP contribution is -2.41. The van der Waals surface area contributed by atoms with Crippen LogP contribution in [0.3, 0.4) is 0 Å². The summed E-state index contributed by atoms with van der Waals surface area (Å²) in [6.45, 7) is 1.69. The van der Waals surface area contributed by atoms with Gasteiger partial charge < -0.3 is 9.64 Å². The molecule has 0 unspecified atom stereocenters. The Morgan fingerprint density at radius 2 is 1.93 bits per heavy atom. The summed E-state index contributed by atoms with van der Waals surface area (Å²) >= 11 is 7.33. The van der Waals surface area contributed by atoms with Gasteiger partial charge in [-0.2, -0.15) is 0 Å². The van der Waals surface area contributed by atoms with Crippen LogP contribution in [0.5, 0.6) is 0 Å². The van der Waals surface area contributed by atoms with Crippen molar-refractivity contribution in [3.63, 3.8) is 0 Å². The lowest BCUT2D eigenvalue weighted by Gasteiger charge is -2.27. The Balaban J connectivity index is 1.95. The van der Waals surface area contributed by atoms with E-state index < -0.39 is 14.9 Å². The highest BCUT2D eigenvalue weighted by molar-refractivity contribution is 7.98. The van der Waals surface area contributed by atoms with E-state index in [1.54, 1.807) is 17.2 Å². The molecule has 0 radical (unpaired) electrons. The van der Waals surface area contributed by atoms with E-state index in [0.717, 1.165) is 6.07 Å². The van der Waals surface area contributed by atoms with E-state index in [1.165, 1.54) is 36.0 Å². The lowest BCUT2D eigenvalue weighted by atomic mass is 10.2. The molecule has 0 atom stereocenters. The molecule has 2 aromatic carbocycles. The van der Waals surface area contributed by atoms with Gasteiger partial charge in [0.1, 0.15) is 0 Å². The number of hydrogen-bond acceptors (Lipinski definition) is 7. The van der Waals surface area contributed by atoms with Crippen LogP contribution in [0.15, 0.2) is 46.2 Å². The number of anilines is 1. The fraction of sp³-hybridized carbons (Fsp3) is 0.278. The summed E-state index contributed by atoms with van der Waals surface area (Å²) in [5.74, 6) is -0.284. The largest absolute Gasteiger partial charge is 0.378 e. The highest BCUT2D eigenvalue weighted by Gasteiger charge is 2.25. The van der Waals surface area contributed by atoms with Crippen molar-refractivity contribution in [2.75, 3.05) is 37.3 Å². The molecular formula is C18H18ClN3O6S2. The number of carbonyl (C=O) groups excluding carboxylic acids is 1. The Hall–Kier alpha value is -2.34. The van der Waals surface area contributed by atoms with Crippen molar-refractivity contribution in [3.05, 3.63) is 57.1 Å². The lowest BCUT2D eigenvalue weighted by molar-refractivity contribution is -0.384. The van der Waals surface area contributed by atoms with E-state index in [2.05, 4.69) is 4.72 Å². The Morgan fingerprint density at radius 3 is 2.57 bits per heavy atom. The number of nitro groups is 1. The SMILES string of the molecule is CSc1ccc(S(=O)(=O)Nc2cc([N+](=O)[O-])ccc2Cl)cc1C(=O)N1CCOCC1. The molecule has 1 aliphatic heterocycles. The molecule has 0 aromatic heterocycles. The highest BCUT2D eigenvalue weighted by Crippen LogP contribution is 2.30.